The maximum absolute atomic E-state index is 12.2. The fourth-order valence-corrected chi connectivity index (χ4v) is 4.18. The summed E-state index contributed by atoms with van der Waals surface area (Å²) in [6, 6.07) is 15.6. The minimum absolute atomic E-state index is 0.168. The number of aryl methyl sites for hydroxylation is 1. The largest absolute Gasteiger partial charge is 0.296 e. The standard InChI is InChI=1S/C17H14BrN3OS2/c1-11-4-2-6-13(8-11)15(22)19-16-20-21-17(24-16)23-10-12-5-3-7-14(18)9-12/h2-9H,10H2,1H3,(H,19,20,22). The van der Waals surface area contributed by atoms with Crippen LogP contribution in [0.15, 0.2) is 57.3 Å². The van der Waals surface area contributed by atoms with Crippen molar-refractivity contribution >= 4 is 50.1 Å². The number of thioether (sulfide) groups is 1. The van der Waals surface area contributed by atoms with Crippen LogP contribution in [0.4, 0.5) is 5.13 Å². The van der Waals surface area contributed by atoms with E-state index in [1.54, 1.807) is 17.8 Å². The van der Waals surface area contributed by atoms with Crippen molar-refractivity contribution in [2.75, 3.05) is 5.32 Å². The summed E-state index contributed by atoms with van der Waals surface area (Å²) in [5.74, 6) is 0.637. The van der Waals surface area contributed by atoms with Gasteiger partial charge in [0.15, 0.2) is 4.34 Å². The number of nitrogens with zero attached hydrogens (tertiary/aromatic N) is 2. The first kappa shape index (κ1) is 17.1. The maximum Gasteiger partial charge on any atom is 0.257 e. The van der Waals surface area contributed by atoms with E-state index in [2.05, 4.69) is 43.6 Å². The number of benzene rings is 2. The first-order chi connectivity index (χ1) is 11.6. The highest BCUT2D eigenvalue weighted by Crippen LogP contribution is 2.29. The van der Waals surface area contributed by atoms with Crippen molar-refractivity contribution in [2.24, 2.45) is 0 Å². The molecule has 1 N–H and O–H groups in total. The lowest BCUT2D eigenvalue weighted by molar-refractivity contribution is 0.102. The van der Waals surface area contributed by atoms with Gasteiger partial charge in [0.25, 0.3) is 5.91 Å². The van der Waals surface area contributed by atoms with Crippen molar-refractivity contribution in [3.05, 3.63) is 69.7 Å². The molecule has 122 valence electrons. The number of carbonyl (C=O) groups excluding carboxylic acids is 1. The van der Waals surface area contributed by atoms with Crippen LogP contribution >= 0.6 is 39.0 Å². The van der Waals surface area contributed by atoms with E-state index in [-0.39, 0.29) is 5.91 Å². The quantitative estimate of drug-likeness (QED) is 0.458. The lowest BCUT2D eigenvalue weighted by atomic mass is 10.1. The zero-order valence-electron chi connectivity index (χ0n) is 12.8. The van der Waals surface area contributed by atoms with Crippen LogP contribution in [0.5, 0.6) is 0 Å². The van der Waals surface area contributed by atoms with Crippen LogP contribution < -0.4 is 5.32 Å². The molecule has 0 radical (unpaired) electrons. The molecule has 0 saturated heterocycles. The Morgan fingerprint density at radius 3 is 2.83 bits per heavy atom. The summed E-state index contributed by atoms with van der Waals surface area (Å²) >= 11 is 6.45. The Labute approximate surface area is 156 Å². The number of rotatable bonds is 5. The molecule has 0 unspecified atom stereocenters. The van der Waals surface area contributed by atoms with Gasteiger partial charge in [-0.1, -0.05) is 68.9 Å². The Kier molecular flexibility index (Phi) is 5.65. The number of carbonyl (C=O) groups is 1. The van der Waals surface area contributed by atoms with Crippen molar-refractivity contribution in [1.82, 2.24) is 10.2 Å². The Morgan fingerprint density at radius 1 is 1.21 bits per heavy atom. The molecule has 4 nitrogen and oxygen atoms in total. The molecular formula is C17H14BrN3OS2. The lowest BCUT2D eigenvalue weighted by Crippen LogP contribution is -2.11. The molecule has 3 aromatic rings. The smallest absolute Gasteiger partial charge is 0.257 e. The molecule has 0 spiro atoms. The molecule has 0 bridgehead atoms. The Balaban J connectivity index is 1.60. The van der Waals surface area contributed by atoms with Gasteiger partial charge in [0.1, 0.15) is 0 Å². The van der Waals surface area contributed by atoms with Crippen molar-refractivity contribution in [2.45, 2.75) is 17.0 Å². The molecule has 1 heterocycles. The van der Waals surface area contributed by atoms with Crippen molar-refractivity contribution in [3.63, 3.8) is 0 Å². The Bertz CT molecular complexity index is 866. The molecule has 1 amide bonds. The fraction of sp³-hybridized carbons (Fsp3) is 0.118. The molecule has 0 aliphatic heterocycles. The van der Waals surface area contributed by atoms with E-state index in [0.29, 0.717) is 10.7 Å². The first-order valence-electron chi connectivity index (χ1n) is 7.19. The first-order valence-corrected chi connectivity index (χ1v) is 9.78. The van der Waals surface area contributed by atoms with E-state index in [4.69, 9.17) is 0 Å². The van der Waals surface area contributed by atoms with Gasteiger partial charge < -0.3 is 0 Å². The zero-order valence-corrected chi connectivity index (χ0v) is 16.0. The van der Waals surface area contributed by atoms with Crippen molar-refractivity contribution < 1.29 is 4.79 Å². The summed E-state index contributed by atoms with van der Waals surface area (Å²) in [5, 5.41) is 11.5. The predicted molar refractivity (Wildman–Crippen MR) is 103 cm³/mol. The summed E-state index contributed by atoms with van der Waals surface area (Å²) in [7, 11) is 0. The lowest BCUT2D eigenvalue weighted by Gasteiger charge is -2.01. The van der Waals surface area contributed by atoms with Gasteiger partial charge >= 0.3 is 0 Å². The number of hydrogen-bond acceptors (Lipinski definition) is 5. The fourth-order valence-electron chi connectivity index (χ4n) is 2.05. The topological polar surface area (TPSA) is 54.9 Å². The Hall–Kier alpha value is -1.70. The predicted octanol–water partition coefficient (Wildman–Crippen LogP) is 5.15. The van der Waals surface area contributed by atoms with Crippen LogP contribution in [0.25, 0.3) is 0 Å². The molecule has 7 heteroatoms. The van der Waals surface area contributed by atoms with E-state index < -0.39 is 0 Å². The van der Waals surface area contributed by atoms with Crippen molar-refractivity contribution in [1.29, 1.82) is 0 Å². The number of amides is 1. The summed E-state index contributed by atoms with van der Waals surface area (Å²) < 4.78 is 1.89. The SMILES string of the molecule is Cc1cccc(C(=O)Nc2nnc(SCc3cccc(Br)c3)s2)c1. The van der Waals surface area contributed by atoms with Gasteiger partial charge in [0.05, 0.1) is 0 Å². The highest BCUT2D eigenvalue weighted by Gasteiger charge is 2.11. The van der Waals surface area contributed by atoms with E-state index in [9.17, 15) is 4.79 Å². The number of hydrogen-bond donors (Lipinski definition) is 1. The second kappa shape index (κ2) is 7.92. The monoisotopic (exact) mass is 419 g/mol. The van der Waals surface area contributed by atoms with Crippen LogP contribution in [0.1, 0.15) is 21.5 Å². The Morgan fingerprint density at radius 2 is 2.04 bits per heavy atom. The van der Waals surface area contributed by atoms with Gasteiger partial charge in [0.2, 0.25) is 5.13 Å². The van der Waals surface area contributed by atoms with Crippen LogP contribution in [-0.2, 0) is 5.75 Å². The third-order valence-corrected chi connectivity index (χ3v) is 5.69. The van der Waals surface area contributed by atoms with Crippen LogP contribution in [-0.4, -0.2) is 16.1 Å². The second-order valence-electron chi connectivity index (χ2n) is 5.12. The van der Waals surface area contributed by atoms with Gasteiger partial charge in [-0.05, 0) is 36.8 Å². The van der Waals surface area contributed by atoms with E-state index in [0.717, 1.165) is 20.1 Å². The van der Waals surface area contributed by atoms with Gasteiger partial charge in [-0.25, -0.2) is 0 Å². The summed E-state index contributed by atoms with van der Waals surface area (Å²) in [5.41, 5.74) is 2.87. The number of halogens is 1. The number of anilines is 1. The summed E-state index contributed by atoms with van der Waals surface area (Å²) in [6.45, 7) is 1.96. The highest BCUT2D eigenvalue weighted by molar-refractivity contribution is 9.10. The van der Waals surface area contributed by atoms with E-state index >= 15 is 0 Å². The number of aromatic nitrogens is 2. The van der Waals surface area contributed by atoms with Crippen LogP contribution in [0.2, 0.25) is 0 Å². The average Bonchev–Trinajstić information content (AvgIpc) is 3.00. The van der Waals surface area contributed by atoms with Crippen LogP contribution in [0, 0.1) is 6.92 Å². The zero-order chi connectivity index (χ0) is 16.9. The van der Waals surface area contributed by atoms with E-state index in [1.165, 1.54) is 16.9 Å². The molecule has 0 saturated carbocycles. The summed E-state index contributed by atoms with van der Waals surface area (Å²) in [6.07, 6.45) is 0. The molecule has 0 aliphatic rings. The molecule has 2 aromatic carbocycles. The third kappa shape index (κ3) is 4.66. The molecule has 0 atom stereocenters. The highest BCUT2D eigenvalue weighted by atomic mass is 79.9. The molecule has 0 fully saturated rings. The van der Waals surface area contributed by atoms with E-state index in [1.807, 2.05) is 37.3 Å². The number of nitrogens with one attached hydrogen (secondary N) is 1. The normalized spacial score (nSPS) is 10.6. The van der Waals surface area contributed by atoms with Gasteiger partial charge in [-0.3, -0.25) is 10.1 Å². The molecule has 0 aliphatic carbocycles. The minimum atomic E-state index is -0.168. The minimum Gasteiger partial charge on any atom is -0.296 e. The molecule has 3 rings (SSSR count). The maximum atomic E-state index is 12.2. The molecular weight excluding hydrogens is 406 g/mol. The molecule has 24 heavy (non-hydrogen) atoms. The van der Waals surface area contributed by atoms with Gasteiger partial charge in [-0.15, -0.1) is 10.2 Å². The van der Waals surface area contributed by atoms with Crippen LogP contribution in [0.3, 0.4) is 0 Å². The van der Waals surface area contributed by atoms with Gasteiger partial charge in [0, 0.05) is 15.8 Å². The molecule has 1 aromatic heterocycles. The van der Waals surface area contributed by atoms with Gasteiger partial charge in [-0.2, -0.15) is 0 Å². The second-order valence-corrected chi connectivity index (χ2v) is 8.23. The third-order valence-electron chi connectivity index (χ3n) is 3.16. The van der Waals surface area contributed by atoms with Crippen molar-refractivity contribution in [3.8, 4) is 0 Å². The summed E-state index contributed by atoms with van der Waals surface area (Å²) in [4.78, 5) is 12.2. The average molecular weight is 420 g/mol.